The van der Waals surface area contributed by atoms with Crippen LogP contribution >= 0.6 is 23.1 Å². The molecule has 1 aromatic carbocycles. The lowest BCUT2D eigenvalue weighted by molar-refractivity contribution is 0.0494. The van der Waals surface area contributed by atoms with E-state index in [4.69, 9.17) is 16.3 Å². The number of ether oxygens (including phenoxy) is 1. The van der Waals surface area contributed by atoms with Crippen LogP contribution in [0.5, 0.6) is 5.75 Å². The predicted octanol–water partition coefficient (Wildman–Crippen LogP) is 2.90. The molecule has 1 aromatic heterocycles. The highest BCUT2D eigenvalue weighted by atomic mass is 35.5. The van der Waals surface area contributed by atoms with Crippen molar-refractivity contribution in [2.24, 2.45) is 0 Å². The Kier molecular flexibility index (Phi) is 4.45. The van der Waals surface area contributed by atoms with Crippen LogP contribution in [0.3, 0.4) is 0 Å². The second kappa shape index (κ2) is 6.48. The van der Waals surface area contributed by atoms with Crippen molar-refractivity contribution in [2.45, 2.75) is 0 Å². The fourth-order valence-corrected chi connectivity index (χ4v) is 2.71. The SMILES string of the molecule is Oc1c(NN2CCOCC2)nsc1Nc1ccc(Cl)cc1. The molecule has 1 aliphatic heterocycles. The summed E-state index contributed by atoms with van der Waals surface area (Å²) in [4.78, 5) is 0. The first-order valence-electron chi connectivity index (χ1n) is 6.53. The van der Waals surface area contributed by atoms with Gasteiger partial charge in [-0.25, -0.2) is 5.01 Å². The van der Waals surface area contributed by atoms with E-state index in [1.54, 1.807) is 12.1 Å². The van der Waals surface area contributed by atoms with Crippen molar-refractivity contribution in [2.75, 3.05) is 37.0 Å². The van der Waals surface area contributed by atoms with Crippen molar-refractivity contribution < 1.29 is 9.84 Å². The smallest absolute Gasteiger partial charge is 0.198 e. The molecule has 2 aromatic rings. The van der Waals surface area contributed by atoms with Crippen molar-refractivity contribution in [3.63, 3.8) is 0 Å². The van der Waals surface area contributed by atoms with Gasteiger partial charge in [0.05, 0.1) is 13.2 Å². The van der Waals surface area contributed by atoms with E-state index in [1.807, 2.05) is 17.1 Å². The molecule has 8 heteroatoms. The van der Waals surface area contributed by atoms with Gasteiger partial charge in [0.2, 0.25) is 0 Å². The summed E-state index contributed by atoms with van der Waals surface area (Å²) in [6, 6.07) is 7.26. The lowest BCUT2D eigenvalue weighted by Gasteiger charge is -2.26. The van der Waals surface area contributed by atoms with E-state index in [0.717, 1.165) is 18.8 Å². The summed E-state index contributed by atoms with van der Waals surface area (Å²) in [6.07, 6.45) is 0. The number of aromatic hydroxyl groups is 1. The number of nitrogens with one attached hydrogen (secondary N) is 2. The molecule has 3 N–H and O–H groups in total. The summed E-state index contributed by atoms with van der Waals surface area (Å²) in [7, 11) is 0. The summed E-state index contributed by atoms with van der Waals surface area (Å²) in [5.74, 6) is 0.569. The molecule has 0 aliphatic carbocycles. The van der Waals surface area contributed by atoms with E-state index in [0.29, 0.717) is 29.1 Å². The number of morpholine rings is 1. The van der Waals surface area contributed by atoms with Crippen LogP contribution in [0, 0.1) is 0 Å². The minimum Gasteiger partial charge on any atom is -0.502 e. The van der Waals surface area contributed by atoms with Gasteiger partial charge in [0.15, 0.2) is 16.6 Å². The zero-order chi connectivity index (χ0) is 14.7. The van der Waals surface area contributed by atoms with Crippen LogP contribution in [0.4, 0.5) is 16.5 Å². The molecule has 0 radical (unpaired) electrons. The maximum absolute atomic E-state index is 10.2. The molecule has 0 atom stereocenters. The maximum atomic E-state index is 10.2. The highest BCUT2D eigenvalue weighted by Gasteiger charge is 2.17. The van der Waals surface area contributed by atoms with Gasteiger partial charge < -0.3 is 15.2 Å². The van der Waals surface area contributed by atoms with Gasteiger partial charge in [-0.3, -0.25) is 5.43 Å². The molecule has 6 nitrogen and oxygen atoms in total. The van der Waals surface area contributed by atoms with Crippen LogP contribution in [0.15, 0.2) is 24.3 Å². The van der Waals surface area contributed by atoms with Crippen molar-refractivity contribution >= 4 is 39.6 Å². The lowest BCUT2D eigenvalue weighted by Crippen LogP contribution is -2.40. The molecule has 3 rings (SSSR count). The molecule has 1 aliphatic rings. The van der Waals surface area contributed by atoms with E-state index in [-0.39, 0.29) is 5.75 Å². The van der Waals surface area contributed by atoms with Gasteiger partial charge in [-0.15, -0.1) is 0 Å². The van der Waals surface area contributed by atoms with Gasteiger partial charge in [-0.05, 0) is 35.8 Å². The van der Waals surface area contributed by atoms with Crippen LogP contribution < -0.4 is 10.7 Å². The lowest BCUT2D eigenvalue weighted by atomic mass is 10.3. The standard InChI is InChI=1S/C13H15ClN4O2S/c14-9-1-3-10(4-2-9)15-13-11(19)12(17-21-13)16-18-5-7-20-8-6-18/h1-4,15,19H,5-8H2,(H,16,17). The van der Waals surface area contributed by atoms with E-state index < -0.39 is 0 Å². The Labute approximate surface area is 131 Å². The molecule has 0 bridgehead atoms. The van der Waals surface area contributed by atoms with Gasteiger partial charge in [-0.2, -0.15) is 4.37 Å². The third-order valence-electron chi connectivity index (χ3n) is 3.04. The Morgan fingerprint density at radius 1 is 1.24 bits per heavy atom. The minimum absolute atomic E-state index is 0.112. The Morgan fingerprint density at radius 3 is 2.67 bits per heavy atom. The van der Waals surface area contributed by atoms with Crippen LogP contribution in [-0.2, 0) is 4.74 Å². The average molecular weight is 327 g/mol. The summed E-state index contributed by atoms with van der Waals surface area (Å²) < 4.78 is 9.51. The molecule has 21 heavy (non-hydrogen) atoms. The summed E-state index contributed by atoms with van der Waals surface area (Å²) in [5, 5.41) is 16.6. The molecule has 0 amide bonds. The summed E-state index contributed by atoms with van der Waals surface area (Å²) in [5.41, 5.74) is 3.95. The molecule has 1 fully saturated rings. The molecular formula is C13H15ClN4O2S. The van der Waals surface area contributed by atoms with Crippen molar-refractivity contribution in [3.8, 4) is 5.75 Å². The molecular weight excluding hydrogens is 312 g/mol. The largest absolute Gasteiger partial charge is 0.502 e. The molecule has 2 heterocycles. The van der Waals surface area contributed by atoms with Gasteiger partial charge in [-0.1, -0.05) is 11.6 Å². The normalized spacial score (nSPS) is 15.9. The van der Waals surface area contributed by atoms with Crippen molar-refractivity contribution in [1.29, 1.82) is 0 Å². The number of hydrogen-bond donors (Lipinski definition) is 3. The molecule has 0 saturated carbocycles. The monoisotopic (exact) mass is 326 g/mol. The fourth-order valence-electron chi connectivity index (χ4n) is 1.93. The minimum atomic E-state index is 0.112. The number of hydrogen-bond acceptors (Lipinski definition) is 7. The second-order valence-electron chi connectivity index (χ2n) is 4.55. The Bertz CT molecular complexity index is 599. The number of aromatic nitrogens is 1. The highest BCUT2D eigenvalue weighted by Crippen LogP contribution is 2.37. The zero-order valence-electron chi connectivity index (χ0n) is 11.2. The average Bonchev–Trinajstić information content (AvgIpc) is 2.84. The second-order valence-corrected chi connectivity index (χ2v) is 5.76. The van der Waals surface area contributed by atoms with Gasteiger partial charge in [0.1, 0.15) is 0 Å². The van der Waals surface area contributed by atoms with Gasteiger partial charge >= 0.3 is 0 Å². The Hall–Kier alpha value is -1.54. The first-order valence-corrected chi connectivity index (χ1v) is 7.68. The van der Waals surface area contributed by atoms with Crippen molar-refractivity contribution in [1.82, 2.24) is 9.38 Å². The van der Waals surface area contributed by atoms with Gasteiger partial charge in [0, 0.05) is 23.8 Å². The Morgan fingerprint density at radius 2 is 1.95 bits per heavy atom. The van der Waals surface area contributed by atoms with E-state index >= 15 is 0 Å². The Balaban J connectivity index is 1.68. The highest BCUT2D eigenvalue weighted by molar-refractivity contribution is 7.11. The molecule has 0 spiro atoms. The fraction of sp³-hybridized carbons (Fsp3) is 0.308. The van der Waals surface area contributed by atoms with Gasteiger partial charge in [0.25, 0.3) is 0 Å². The van der Waals surface area contributed by atoms with Crippen LogP contribution in [0.2, 0.25) is 5.02 Å². The number of benzene rings is 1. The van der Waals surface area contributed by atoms with E-state index in [1.165, 1.54) is 11.5 Å². The van der Waals surface area contributed by atoms with Crippen LogP contribution in [0.1, 0.15) is 0 Å². The summed E-state index contributed by atoms with van der Waals surface area (Å²) >= 11 is 7.05. The summed E-state index contributed by atoms with van der Waals surface area (Å²) in [6.45, 7) is 2.87. The molecule has 112 valence electrons. The van der Waals surface area contributed by atoms with Crippen LogP contribution in [-0.4, -0.2) is 40.8 Å². The quantitative estimate of drug-likeness (QED) is 0.802. The van der Waals surface area contributed by atoms with E-state index in [2.05, 4.69) is 15.1 Å². The first-order chi connectivity index (χ1) is 10.2. The van der Waals surface area contributed by atoms with E-state index in [9.17, 15) is 5.11 Å². The third-order valence-corrected chi connectivity index (χ3v) is 4.05. The zero-order valence-corrected chi connectivity index (χ0v) is 12.7. The predicted molar refractivity (Wildman–Crippen MR) is 84.5 cm³/mol. The molecule has 1 saturated heterocycles. The van der Waals surface area contributed by atoms with Crippen LogP contribution in [0.25, 0.3) is 0 Å². The number of hydrazine groups is 1. The number of anilines is 3. The number of rotatable bonds is 4. The molecule has 0 unspecified atom stereocenters. The first kappa shape index (κ1) is 14.4. The maximum Gasteiger partial charge on any atom is 0.198 e. The third kappa shape index (κ3) is 3.56. The van der Waals surface area contributed by atoms with Crippen molar-refractivity contribution in [3.05, 3.63) is 29.3 Å². The number of nitrogens with zero attached hydrogens (tertiary/aromatic N) is 2. The number of halogens is 1. The topological polar surface area (TPSA) is 69.7 Å².